The summed E-state index contributed by atoms with van der Waals surface area (Å²) in [5.74, 6) is 0.622. The SMILES string of the molecule is O=Cc1ccc(Oc2ccc(SF)cc2)s1. The first-order chi connectivity index (χ1) is 7.81. The zero-order chi connectivity index (χ0) is 11.4. The summed E-state index contributed by atoms with van der Waals surface area (Å²) in [7, 11) is 0. The number of benzene rings is 1. The minimum absolute atomic E-state index is 0.192. The van der Waals surface area contributed by atoms with Gasteiger partial charge in [-0.25, -0.2) is 0 Å². The topological polar surface area (TPSA) is 26.3 Å². The fourth-order valence-electron chi connectivity index (χ4n) is 1.13. The van der Waals surface area contributed by atoms with Gasteiger partial charge in [0.05, 0.1) is 17.0 Å². The van der Waals surface area contributed by atoms with Crippen molar-refractivity contribution in [2.24, 2.45) is 0 Å². The van der Waals surface area contributed by atoms with Gasteiger partial charge in [-0.3, -0.25) is 4.79 Å². The lowest BCUT2D eigenvalue weighted by molar-refractivity contribution is 0.112. The fourth-order valence-corrected chi connectivity index (χ4v) is 2.06. The van der Waals surface area contributed by atoms with E-state index in [1.807, 2.05) is 0 Å². The fraction of sp³-hybridized carbons (Fsp3) is 0. The predicted molar refractivity (Wildman–Crippen MR) is 63.2 cm³/mol. The highest BCUT2D eigenvalue weighted by molar-refractivity contribution is 7.94. The molecular weight excluding hydrogens is 247 g/mol. The second-order valence-electron chi connectivity index (χ2n) is 2.93. The summed E-state index contributed by atoms with van der Waals surface area (Å²) in [5.41, 5.74) is 0. The van der Waals surface area contributed by atoms with Crippen molar-refractivity contribution in [3.05, 3.63) is 41.3 Å². The van der Waals surface area contributed by atoms with Gasteiger partial charge in [-0.05, 0) is 36.4 Å². The normalized spacial score (nSPS) is 10.1. The third-order valence-corrected chi connectivity index (χ3v) is 3.19. The van der Waals surface area contributed by atoms with E-state index in [9.17, 15) is 8.68 Å². The van der Waals surface area contributed by atoms with Gasteiger partial charge in [-0.1, -0.05) is 11.3 Å². The molecule has 1 heterocycles. The molecule has 16 heavy (non-hydrogen) atoms. The van der Waals surface area contributed by atoms with Gasteiger partial charge in [0.25, 0.3) is 0 Å². The Hall–Kier alpha value is -1.33. The minimum Gasteiger partial charge on any atom is -0.447 e. The third kappa shape index (κ3) is 2.62. The Morgan fingerprint density at radius 1 is 1.19 bits per heavy atom. The maximum atomic E-state index is 12.2. The third-order valence-electron chi connectivity index (χ3n) is 1.85. The molecule has 0 unspecified atom stereocenters. The van der Waals surface area contributed by atoms with Crippen molar-refractivity contribution in [1.82, 2.24) is 0 Å². The summed E-state index contributed by atoms with van der Waals surface area (Å²) < 4.78 is 17.7. The van der Waals surface area contributed by atoms with Crippen molar-refractivity contribution in [2.75, 3.05) is 0 Å². The quantitative estimate of drug-likeness (QED) is 0.760. The number of carbonyl (C=O) groups is 1. The van der Waals surface area contributed by atoms with Crippen molar-refractivity contribution in [1.29, 1.82) is 0 Å². The Kier molecular flexibility index (Phi) is 3.58. The van der Waals surface area contributed by atoms with Crippen molar-refractivity contribution >= 4 is 29.8 Å². The lowest BCUT2D eigenvalue weighted by Crippen LogP contribution is -1.79. The molecule has 0 saturated heterocycles. The maximum absolute atomic E-state index is 12.2. The van der Waals surface area contributed by atoms with E-state index in [1.165, 1.54) is 11.3 Å². The van der Waals surface area contributed by atoms with Crippen molar-refractivity contribution < 1.29 is 13.4 Å². The van der Waals surface area contributed by atoms with Gasteiger partial charge in [0.1, 0.15) is 5.75 Å². The van der Waals surface area contributed by atoms with Crippen LogP contribution in [-0.2, 0) is 0 Å². The molecule has 0 aliphatic heterocycles. The van der Waals surface area contributed by atoms with Crippen molar-refractivity contribution in [3.63, 3.8) is 0 Å². The highest BCUT2D eigenvalue weighted by Gasteiger charge is 2.02. The van der Waals surface area contributed by atoms with Crippen LogP contribution in [0.1, 0.15) is 9.67 Å². The molecule has 1 aromatic carbocycles. The number of hydrogen-bond acceptors (Lipinski definition) is 4. The van der Waals surface area contributed by atoms with E-state index in [0.29, 0.717) is 20.6 Å². The summed E-state index contributed by atoms with van der Waals surface area (Å²) >= 11 is 1.46. The van der Waals surface area contributed by atoms with E-state index in [1.54, 1.807) is 36.4 Å². The largest absolute Gasteiger partial charge is 0.447 e. The first kappa shape index (κ1) is 11.2. The zero-order valence-corrected chi connectivity index (χ0v) is 9.69. The average molecular weight is 254 g/mol. The summed E-state index contributed by atoms with van der Waals surface area (Å²) in [6.45, 7) is 0. The molecule has 0 atom stereocenters. The molecule has 1 aromatic heterocycles. The maximum Gasteiger partial charge on any atom is 0.181 e. The van der Waals surface area contributed by atoms with Crippen LogP contribution in [-0.4, -0.2) is 6.29 Å². The van der Waals surface area contributed by atoms with E-state index in [2.05, 4.69) is 0 Å². The van der Waals surface area contributed by atoms with Crippen LogP contribution < -0.4 is 4.74 Å². The molecule has 0 radical (unpaired) electrons. The van der Waals surface area contributed by atoms with E-state index < -0.39 is 0 Å². The molecule has 0 aliphatic carbocycles. The molecule has 2 nitrogen and oxygen atoms in total. The molecule has 0 spiro atoms. The van der Waals surface area contributed by atoms with Crippen LogP contribution >= 0.6 is 23.5 Å². The van der Waals surface area contributed by atoms with Crippen LogP contribution in [0, 0.1) is 0 Å². The van der Waals surface area contributed by atoms with Gasteiger partial charge in [-0.15, -0.1) is 0 Å². The van der Waals surface area contributed by atoms with Gasteiger partial charge in [0, 0.05) is 4.90 Å². The monoisotopic (exact) mass is 254 g/mol. The lowest BCUT2D eigenvalue weighted by atomic mass is 10.3. The Labute approximate surface area is 100 Å². The van der Waals surface area contributed by atoms with Gasteiger partial charge in [0.15, 0.2) is 11.3 Å². The Balaban J connectivity index is 2.10. The molecule has 0 saturated carbocycles. The number of hydrogen-bond donors (Lipinski definition) is 0. The highest BCUT2D eigenvalue weighted by atomic mass is 32.2. The second-order valence-corrected chi connectivity index (χ2v) is 4.63. The summed E-state index contributed by atoms with van der Waals surface area (Å²) in [6, 6.07) is 10.1. The molecular formula is C11H7FO2S2. The Morgan fingerprint density at radius 2 is 1.94 bits per heavy atom. The summed E-state index contributed by atoms with van der Waals surface area (Å²) in [4.78, 5) is 11.6. The number of carbonyl (C=O) groups excluding carboxylic acids is 1. The van der Waals surface area contributed by atoms with Crippen LogP contribution in [0.2, 0.25) is 0 Å². The second kappa shape index (κ2) is 5.14. The summed E-state index contributed by atoms with van der Waals surface area (Å²) in [6.07, 6.45) is 0.778. The first-order valence-corrected chi connectivity index (χ1v) is 5.96. The molecule has 2 rings (SSSR count). The van der Waals surface area contributed by atoms with E-state index in [-0.39, 0.29) is 12.1 Å². The number of rotatable bonds is 4. The minimum atomic E-state index is 0.192. The van der Waals surface area contributed by atoms with Crippen molar-refractivity contribution in [2.45, 2.75) is 4.90 Å². The molecule has 0 fully saturated rings. The number of halogens is 1. The van der Waals surface area contributed by atoms with Crippen LogP contribution in [0.3, 0.4) is 0 Å². The standard InChI is InChI=1S/C11H7FO2S2/c12-16-9-3-1-8(2-4-9)14-11-6-5-10(7-13)15-11/h1-7H. The number of thiophene rings is 1. The number of ether oxygens (including phenoxy) is 1. The van der Waals surface area contributed by atoms with Gasteiger partial charge in [0.2, 0.25) is 0 Å². The van der Waals surface area contributed by atoms with Crippen LogP contribution in [0.4, 0.5) is 3.89 Å². The summed E-state index contributed by atoms with van der Waals surface area (Å²) in [5, 5.41) is 0.641. The molecule has 0 amide bonds. The van der Waals surface area contributed by atoms with Crippen LogP contribution in [0.5, 0.6) is 10.8 Å². The molecule has 0 bridgehead atoms. The molecule has 2 aromatic rings. The first-order valence-electron chi connectivity index (χ1n) is 4.43. The van der Waals surface area contributed by atoms with Gasteiger partial charge < -0.3 is 4.74 Å². The van der Waals surface area contributed by atoms with Crippen LogP contribution in [0.15, 0.2) is 41.3 Å². The van der Waals surface area contributed by atoms with Gasteiger partial charge in [-0.2, -0.15) is 3.89 Å². The lowest BCUT2D eigenvalue weighted by Gasteiger charge is -2.02. The van der Waals surface area contributed by atoms with E-state index in [0.717, 1.165) is 6.29 Å². The average Bonchev–Trinajstić information content (AvgIpc) is 2.78. The van der Waals surface area contributed by atoms with Crippen LogP contribution in [0.25, 0.3) is 0 Å². The Morgan fingerprint density at radius 3 is 2.50 bits per heavy atom. The Bertz CT molecular complexity index is 479. The smallest absolute Gasteiger partial charge is 0.181 e. The molecule has 0 N–H and O–H groups in total. The number of aldehydes is 1. The van der Waals surface area contributed by atoms with Gasteiger partial charge >= 0.3 is 0 Å². The highest BCUT2D eigenvalue weighted by Crippen LogP contribution is 2.30. The van der Waals surface area contributed by atoms with E-state index >= 15 is 0 Å². The van der Waals surface area contributed by atoms with E-state index in [4.69, 9.17) is 4.74 Å². The molecule has 0 aliphatic rings. The zero-order valence-electron chi connectivity index (χ0n) is 8.05. The predicted octanol–water partition coefficient (Wildman–Crippen LogP) is 4.33. The molecule has 82 valence electrons. The van der Waals surface area contributed by atoms with Crippen molar-refractivity contribution in [3.8, 4) is 10.8 Å². The molecule has 5 heteroatoms.